The number of aliphatic hydroxyl groups excluding tert-OH is 1. The van der Waals surface area contributed by atoms with Crippen molar-refractivity contribution in [3.8, 4) is 0 Å². The highest BCUT2D eigenvalue weighted by Crippen LogP contribution is 2.40. The second kappa shape index (κ2) is 4.93. The maximum absolute atomic E-state index is 9.63. The fourth-order valence-electron chi connectivity index (χ4n) is 0.923. The van der Waals surface area contributed by atoms with Crippen LogP contribution in [-0.2, 0) is 3.42 Å². The van der Waals surface area contributed by atoms with Crippen LogP contribution >= 0.6 is 63.7 Å². The SMILES string of the molecule is OC(Br)c1ccc(C(O)(Br)Br)c(Br)c1. The van der Waals surface area contributed by atoms with Crippen LogP contribution in [0.5, 0.6) is 0 Å². The highest BCUT2D eigenvalue weighted by atomic mass is 79.9. The van der Waals surface area contributed by atoms with Crippen molar-refractivity contribution >= 4 is 63.7 Å². The zero-order chi connectivity index (χ0) is 10.9. The Labute approximate surface area is 115 Å². The molecule has 0 amide bonds. The van der Waals surface area contributed by atoms with E-state index in [2.05, 4.69) is 63.7 Å². The fraction of sp³-hybridized carbons (Fsp3) is 0.250. The van der Waals surface area contributed by atoms with Crippen LogP contribution in [0.1, 0.15) is 16.1 Å². The van der Waals surface area contributed by atoms with Crippen molar-refractivity contribution < 1.29 is 10.2 Å². The number of halogens is 4. The first kappa shape index (κ1) is 13.1. The highest BCUT2D eigenvalue weighted by Gasteiger charge is 2.24. The molecule has 0 aliphatic rings. The van der Waals surface area contributed by atoms with Gasteiger partial charge in [-0.25, -0.2) is 0 Å². The van der Waals surface area contributed by atoms with E-state index in [4.69, 9.17) is 0 Å². The molecule has 1 rings (SSSR count). The minimum absolute atomic E-state index is 0.634. The van der Waals surface area contributed by atoms with Gasteiger partial charge in [0.1, 0.15) is 5.01 Å². The Morgan fingerprint density at radius 3 is 2.21 bits per heavy atom. The topological polar surface area (TPSA) is 40.5 Å². The van der Waals surface area contributed by atoms with Gasteiger partial charge in [0, 0.05) is 10.0 Å². The molecule has 2 nitrogen and oxygen atoms in total. The van der Waals surface area contributed by atoms with Crippen molar-refractivity contribution in [2.45, 2.75) is 8.43 Å². The van der Waals surface area contributed by atoms with Crippen molar-refractivity contribution in [1.82, 2.24) is 0 Å². The van der Waals surface area contributed by atoms with Crippen LogP contribution in [0.2, 0.25) is 0 Å². The van der Waals surface area contributed by atoms with Gasteiger partial charge in [-0.05, 0) is 43.5 Å². The fourth-order valence-corrected chi connectivity index (χ4v) is 3.12. The lowest BCUT2D eigenvalue weighted by Gasteiger charge is -2.16. The van der Waals surface area contributed by atoms with Gasteiger partial charge in [-0.15, -0.1) is 0 Å². The Morgan fingerprint density at radius 1 is 1.29 bits per heavy atom. The van der Waals surface area contributed by atoms with Crippen LogP contribution < -0.4 is 0 Å². The van der Waals surface area contributed by atoms with E-state index in [0.717, 1.165) is 0 Å². The molecule has 78 valence electrons. The van der Waals surface area contributed by atoms with Gasteiger partial charge in [-0.3, -0.25) is 0 Å². The average molecular weight is 454 g/mol. The predicted octanol–water partition coefficient (Wildman–Crippen LogP) is 3.73. The molecule has 0 aromatic heterocycles. The van der Waals surface area contributed by atoms with Gasteiger partial charge in [-0.2, -0.15) is 0 Å². The lowest BCUT2D eigenvalue weighted by atomic mass is 10.1. The molecule has 1 aromatic rings. The van der Waals surface area contributed by atoms with E-state index >= 15 is 0 Å². The number of hydrogen-bond acceptors (Lipinski definition) is 2. The third-order valence-corrected chi connectivity index (χ3v) is 3.63. The summed E-state index contributed by atoms with van der Waals surface area (Å²) in [6.45, 7) is 0. The second-order valence-corrected chi connectivity index (χ2v) is 7.70. The Hall–Kier alpha value is 1.06. The van der Waals surface area contributed by atoms with Gasteiger partial charge in [0.25, 0.3) is 0 Å². The molecule has 0 saturated carbocycles. The Balaban J connectivity index is 3.15. The molecule has 2 N–H and O–H groups in total. The molecular formula is C8H6Br4O2. The summed E-state index contributed by atoms with van der Waals surface area (Å²) >= 11 is 12.5. The van der Waals surface area contributed by atoms with Crippen molar-refractivity contribution in [3.63, 3.8) is 0 Å². The number of aliphatic hydroxyl groups is 2. The largest absolute Gasteiger partial charge is 0.377 e. The van der Waals surface area contributed by atoms with Gasteiger partial charge in [0.15, 0.2) is 0 Å². The van der Waals surface area contributed by atoms with Crippen molar-refractivity contribution in [3.05, 3.63) is 33.8 Å². The van der Waals surface area contributed by atoms with E-state index in [1.807, 2.05) is 0 Å². The van der Waals surface area contributed by atoms with Crippen LogP contribution in [0.4, 0.5) is 0 Å². The molecule has 6 heteroatoms. The molecule has 1 unspecified atom stereocenters. The van der Waals surface area contributed by atoms with E-state index in [1.54, 1.807) is 18.2 Å². The average Bonchev–Trinajstić information content (AvgIpc) is 2.01. The molecule has 0 radical (unpaired) electrons. The van der Waals surface area contributed by atoms with E-state index in [-0.39, 0.29) is 0 Å². The third-order valence-electron chi connectivity index (χ3n) is 1.59. The van der Waals surface area contributed by atoms with Crippen LogP contribution in [0.25, 0.3) is 0 Å². The van der Waals surface area contributed by atoms with Crippen LogP contribution in [0, 0.1) is 0 Å². The number of alkyl halides is 3. The quantitative estimate of drug-likeness (QED) is 0.670. The van der Waals surface area contributed by atoms with Gasteiger partial charge >= 0.3 is 0 Å². The summed E-state index contributed by atoms with van der Waals surface area (Å²) in [5.41, 5.74) is 1.35. The summed E-state index contributed by atoms with van der Waals surface area (Å²) < 4.78 is -0.556. The first-order chi connectivity index (χ1) is 6.32. The molecule has 0 spiro atoms. The van der Waals surface area contributed by atoms with Gasteiger partial charge in [0.05, 0.1) is 0 Å². The van der Waals surface area contributed by atoms with Gasteiger partial charge in [0.2, 0.25) is 3.42 Å². The molecule has 0 saturated heterocycles. The highest BCUT2D eigenvalue weighted by molar-refractivity contribution is 9.24. The monoisotopic (exact) mass is 450 g/mol. The minimum atomic E-state index is -1.26. The number of benzene rings is 1. The van der Waals surface area contributed by atoms with Crippen LogP contribution in [0.3, 0.4) is 0 Å². The van der Waals surface area contributed by atoms with Crippen molar-refractivity contribution in [2.75, 3.05) is 0 Å². The number of rotatable bonds is 2. The zero-order valence-electron chi connectivity index (χ0n) is 6.72. The van der Waals surface area contributed by atoms with Crippen molar-refractivity contribution in [1.29, 1.82) is 0 Å². The first-order valence-corrected chi connectivity index (χ1v) is 6.84. The molecular weight excluding hydrogens is 448 g/mol. The third kappa shape index (κ3) is 3.28. The summed E-state index contributed by atoms with van der Waals surface area (Å²) in [7, 11) is 0. The summed E-state index contributed by atoms with van der Waals surface area (Å²) in [6, 6.07) is 5.14. The number of hydrogen-bond donors (Lipinski definition) is 2. The molecule has 14 heavy (non-hydrogen) atoms. The van der Waals surface area contributed by atoms with E-state index in [0.29, 0.717) is 15.6 Å². The molecule has 0 bridgehead atoms. The van der Waals surface area contributed by atoms with Crippen LogP contribution in [0.15, 0.2) is 22.7 Å². The lowest BCUT2D eigenvalue weighted by molar-refractivity contribution is 0.248. The molecule has 1 atom stereocenters. The molecule has 0 aliphatic carbocycles. The Bertz CT molecular complexity index is 333. The summed E-state index contributed by atoms with van der Waals surface area (Å²) in [4.78, 5) is 0. The Morgan fingerprint density at radius 2 is 1.86 bits per heavy atom. The van der Waals surface area contributed by atoms with E-state index < -0.39 is 8.43 Å². The van der Waals surface area contributed by atoms with Crippen molar-refractivity contribution in [2.24, 2.45) is 0 Å². The standard InChI is InChI=1S/C8H6Br4O2/c9-6-3-4(7(10)13)1-2-5(6)8(11,12)14/h1-3,7,13-14H. The first-order valence-electron chi connectivity index (χ1n) is 3.54. The molecule has 0 aliphatic heterocycles. The van der Waals surface area contributed by atoms with E-state index in [1.165, 1.54) is 0 Å². The summed E-state index contributed by atoms with van der Waals surface area (Å²) in [5, 5.41) is 18.2. The zero-order valence-corrected chi connectivity index (χ0v) is 13.1. The molecule has 0 heterocycles. The maximum Gasteiger partial charge on any atom is 0.202 e. The minimum Gasteiger partial charge on any atom is -0.377 e. The van der Waals surface area contributed by atoms with Gasteiger partial charge < -0.3 is 10.2 Å². The van der Waals surface area contributed by atoms with Gasteiger partial charge in [-0.1, -0.05) is 44.0 Å². The molecule has 1 aromatic carbocycles. The predicted molar refractivity (Wildman–Crippen MR) is 69.8 cm³/mol. The van der Waals surface area contributed by atoms with Crippen LogP contribution in [-0.4, -0.2) is 10.2 Å². The summed E-state index contributed by atoms with van der Waals surface area (Å²) in [6.07, 6.45) is 0. The lowest BCUT2D eigenvalue weighted by Crippen LogP contribution is -2.08. The maximum atomic E-state index is 9.63. The Kier molecular flexibility index (Phi) is 4.62. The second-order valence-electron chi connectivity index (χ2n) is 2.62. The smallest absolute Gasteiger partial charge is 0.202 e. The normalized spacial score (nSPS) is 14.1. The summed E-state index contributed by atoms with van der Waals surface area (Å²) in [5.74, 6) is 0. The molecule has 0 fully saturated rings. The van der Waals surface area contributed by atoms with E-state index in [9.17, 15) is 10.2 Å².